The molecule has 2 atom stereocenters. The number of nitrogens with zero attached hydrogens (tertiary/aromatic N) is 3. The van der Waals surface area contributed by atoms with E-state index >= 15 is 0 Å². The number of aliphatic hydroxyl groups excluding tert-OH is 1. The summed E-state index contributed by atoms with van der Waals surface area (Å²) < 4.78 is 15.2. The summed E-state index contributed by atoms with van der Waals surface area (Å²) in [5.41, 5.74) is 2.51. The van der Waals surface area contributed by atoms with E-state index in [0.717, 1.165) is 11.1 Å². The number of likely N-dealkylation sites (tertiary alicyclic amines) is 1. The Morgan fingerprint density at radius 2 is 2.23 bits per heavy atom. The first kappa shape index (κ1) is 14.8. The van der Waals surface area contributed by atoms with Gasteiger partial charge in [-0.05, 0) is 35.7 Å². The minimum atomic E-state index is -0.410. The van der Waals surface area contributed by atoms with Gasteiger partial charge in [0.15, 0.2) is 0 Å². The van der Waals surface area contributed by atoms with Crippen molar-refractivity contribution in [2.75, 3.05) is 6.54 Å². The SMILES string of the molecule is Cn1cc(CN2CC(O)CC2c2cccc(F)c2)cc1C#N. The van der Waals surface area contributed by atoms with E-state index in [1.54, 1.807) is 10.6 Å². The van der Waals surface area contributed by atoms with Crippen LogP contribution in [0.1, 0.15) is 29.3 Å². The van der Waals surface area contributed by atoms with Crippen LogP contribution in [0.4, 0.5) is 4.39 Å². The van der Waals surface area contributed by atoms with E-state index in [-0.39, 0.29) is 11.9 Å². The van der Waals surface area contributed by atoms with E-state index in [4.69, 9.17) is 5.26 Å². The van der Waals surface area contributed by atoms with Crippen LogP contribution in [0.5, 0.6) is 0 Å². The molecule has 2 aromatic rings. The molecule has 3 rings (SSSR count). The van der Waals surface area contributed by atoms with Crippen LogP contribution in [0.2, 0.25) is 0 Å². The second kappa shape index (κ2) is 5.91. The minimum absolute atomic E-state index is 0.00329. The van der Waals surface area contributed by atoms with Gasteiger partial charge in [-0.1, -0.05) is 12.1 Å². The van der Waals surface area contributed by atoms with Crippen molar-refractivity contribution in [2.24, 2.45) is 7.05 Å². The van der Waals surface area contributed by atoms with Gasteiger partial charge in [-0.2, -0.15) is 5.26 Å². The van der Waals surface area contributed by atoms with Crippen molar-refractivity contribution in [3.05, 3.63) is 59.2 Å². The summed E-state index contributed by atoms with van der Waals surface area (Å²) in [4.78, 5) is 2.13. The van der Waals surface area contributed by atoms with Crippen LogP contribution >= 0.6 is 0 Å². The molecule has 5 heteroatoms. The predicted molar refractivity (Wildman–Crippen MR) is 80.3 cm³/mol. The van der Waals surface area contributed by atoms with Crippen molar-refractivity contribution < 1.29 is 9.50 Å². The maximum atomic E-state index is 13.5. The van der Waals surface area contributed by atoms with Gasteiger partial charge < -0.3 is 9.67 Å². The van der Waals surface area contributed by atoms with Crippen molar-refractivity contribution >= 4 is 0 Å². The third-order valence-corrected chi connectivity index (χ3v) is 4.18. The van der Waals surface area contributed by atoms with Crippen LogP contribution in [-0.2, 0) is 13.6 Å². The molecule has 114 valence electrons. The smallest absolute Gasteiger partial charge is 0.123 e. The fourth-order valence-electron chi connectivity index (χ4n) is 3.18. The fourth-order valence-corrected chi connectivity index (χ4v) is 3.18. The Balaban J connectivity index is 1.83. The molecule has 1 N–H and O–H groups in total. The Morgan fingerprint density at radius 1 is 1.41 bits per heavy atom. The Labute approximate surface area is 129 Å². The Morgan fingerprint density at radius 3 is 2.91 bits per heavy atom. The Kier molecular flexibility index (Phi) is 3.97. The number of β-amino-alcohol motifs (C(OH)–C–C–N with tert-alkyl or cyclic N) is 1. The van der Waals surface area contributed by atoms with E-state index in [1.165, 1.54) is 12.1 Å². The number of hydrogen-bond donors (Lipinski definition) is 1. The lowest BCUT2D eigenvalue weighted by Crippen LogP contribution is -2.24. The molecular formula is C17H18FN3O. The molecule has 0 aliphatic carbocycles. The molecule has 4 nitrogen and oxygen atoms in total. The maximum Gasteiger partial charge on any atom is 0.123 e. The summed E-state index contributed by atoms with van der Waals surface area (Å²) in [6.07, 6.45) is 2.11. The third kappa shape index (κ3) is 2.89. The highest BCUT2D eigenvalue weighted by molar-refractivity contribution is 5.29. The zero-order chi connectivity index (χ0) is 15.7. The largest absolute Gasteiger partial charge is 0.392 e. The first-order chi connectivity index (χ1) is 10.6. The van der Waals surface area contributed by atoms with Gasteiger partial charge in [-0.25, -0.2) is 4.39 Å². The van der Waals surface area contributed by atoms with E-state index in [9.17, 15) is 9.50 Å². The van der Waals surface area contributed by atoms with Crippen LogP contribution in [0, 0.1) is 17.1 Å². The van der Waals surface area contributed by atoms with Gasteiger partial charge in [-0.15, -0.1) is 0 Å². The third-order valence-electron chi connectivity index (χ3n) is 4.18. The van der Waals surface area contributed by atoms with Gasteiger partial charge in [0.05, 0.1) is 6.10 Å². The van der Waals surface area contributed by atoms with Gasteiger partial charge in [0.2, 0.25) is 0 Å². The molecule has 0 amide bonds. The molecule has 1 aromatic heterocycles. The number of aliphatic hydroxyl groups is 1. The number of rotatable bonds is 3. The van der Waals surface area contributed by atoms with Crippen LogP contribution in [0.25, 0.3) is 0 Å². The highest BCUT2D eigenvalue weighted by Crippen LogP contribution is 2.33. The van der Waals surface area contributed by atoms with Crippen molar-refractivity contribution in [1.29, 1.82) is 5.26 Å². The zero-order valence-corrected chi connectivity index (χ0v) is 12.4. The number of nitriles is 1. The summed E-state index contributed by atoms with van der Waals surface area (Å²) in [7, 11) is 1.84. The van der Waals surface area contributed by atoms with E-state index in [1.807, 2.05) is 25.4 Å². The van der Waals surface area contributed by atoms with Crippen LogP contribution in [0.3, 0.4) is 0 Å². The number of hydrogen-bond acceptors (Lipinski definition) is 3. The highest BCUT2D eigenvalue weighted by atomic mass is 19.1. The van der Waals surface area contributed by atoms with Gasteiger partial charge >= 0.3 is 0 Å². The molecule has 1 aliphatic heterocycles. The highest BCUT2D eigenvalue weighted by Gasteiger charge is 2.32. The van der Waals surface area contributed by atoms with Gasteiger partial charge in [0, 0.05) is 32.4 Å². The van der Waals surface area contributed by atoms with Crippen molar-refractivity contribution in [1.82, 2.24) is 9.47 Å². The average Bonchev–Trinajstić information content (AvgIpc) is 3.02. The number of benzene rings is 1. The summed E-state index contributed by atoms with van der Waals surface area (Å²) >= 11 is 0. The van der Waals surface area contributed by atoms with Gasteiger partial charge in [0.1, 0.15) is 17.6 Å². The Bertz CT molecular complexity index is 719. The number of halogens is 1. The molecule has 0 bridgehead atoms. The van der Waals surface area contributed by atoms with Gasteiger partial charge in [-0.3, -0.25) is 4.90 Å². The maximum absolute atomic E-state index is 13.5. The monoisotopic (exact) mass is 299 g/mol. The molecule has 2 unspecified atom stereocenters. The molecule has 0 saturated carbocycles. The molecule has 0 radical (unpaired) electrons. The topological polar surface area (TPSA) is 52.2 Å². The standard InChI is InChI=1S/C17H18FN3O/c1-20-9-12(5-15(20)8-19)10-21-11-16(22)7-17(21)13-3-2-4-14(18)6-13/h2-6,9,16-17,22H,7,10-11H2,1H3. The quantitative estimate of drug-likeness (QED) is 0.946. The summed E-state index contributed by atoms with van der Waals surface area (Å²) in [6.45, 7) is 1.19. The first-order valence-electron chi connectivity index (χ1n) is 7.29. The fraction of sp³-hybridized carbons (Fsp3) is 0.353. The summed E-state index contributed by atoms with van der Waals surface area (Å²) in [5.74, 6) is -0.259. The molecule has 1 saturated heterocycles. The zero-order valence-electron chi connectivity index (χ0n) is 12.4. The molecule has 0 spiro atoms. The van der Waals surface area contributed by atoms with E-state index in [2.05, 4.69) is 11.0 Å². The van der Waals surface area contributed by atoms with Crippen molar-refractivity contribution in [2.45, 2.75) is 25.1 Å². The first-order valence-corrected chi connectivity index (χ1v) is 7.29. The van der Waals surface area contributed by atoms with Crippen LogP contribution in [-0.4, -0.2) is 27.2 Å². The molecule has 1 aromatic carbocycles. The average molecular weight is 299 g/mol. The summed E-state index contributed by atoms with van der Waals surface area (Å²) in [6, 6.07) is 10.5. The van der Waals surface area contributed by atoms with Crippen molar-refractivity contribution in [3.8, 4) is 6.07 Å². The van der Waals surface area contributed by atoms with Gasteiger partial charge in [0.25, 0.3) is 0 Å². The van der Waals surface area contributed by atoms with E-state index < -0.39 is 6.10 Å². The molecular weight excluding hydrogens is 281 g/mol. The molecule has 1 fully saturated rings. The lowest BCUT2D eigenvalue weighted by Gasteiger charge is -2.24. The number of aryl methyl sites for hydroxylation is 1. The predicted octanol–water partition coefficient (Wildman–Crippen LogP) is 2.34. The summed E-state index contributed by atoms with van der Waals surface area (Å²) in [5, 5.41) is 19.0. The van der Waals surface area contributed by atoms with Crippen molar-refractivity contribution in [3.63, 3.8) is 0 Å². The van der Waals surface area contributed by atoms with E-state index in [0.29, 0.717) is 25.2 Å². The Hall–Kier alpha value is -2.16. The molecule has 22 heavy (non-hydrogen) atoms. The minimum Gasteiger partial charge on any atom is -0.392 e. The lowest BCUT2D eigenvalue weighted by atomic mass is 10.0. The lowest BCUT2D eigenvalue weighted by molar-refractivity contribution is 0.172. The second-order valence-electron chi connectivity index (χ2n) is 5.85. The molecule has 1 aliphatic rings. The van der Waals surface area contributed by atoms with Crippen LogP contribution < -0.4 is 0 Å². The van der Waals surface area contributed by atoms with Crippen LogP contribution in [0.15, 0.2) is 36.5 Å². The second-order valence-corrected chi connectivity index (χ2v) is 5.85. The molecule has 2 heterocycles. The number of aromatic nitrogens is 1. The normalized spacial score (nSPS) is 21.9.